The lowest BCUT2D eigenvalue weighted by Gasteiger charge is -2.32. The summed E-state index contributed by atoms with van der Waals surface area (Å²) in [4.78, 5) is 32.4. The van der Waals surface area contributed by atoms with Crippen molar-refractivity contribution in [1.82, 2.24) is 24.9 Å². The maximum atomic E-state index is 12.1. The van der Waals surface area contributed by atoms with Gasteiger partial charge in [0.25, 0.3) is 5.56 Å². The number of hydrogen-bond acceptors (Lipinski definition) is 9. The summed E-state index contributed by atoms with van der Waals surface area (Å²) in [6.45, 7) is 1.82. The minimum Gasteiger partial charge on any atom is -0.373 e. The Morgan fingerprint density at radius 1 is 1.10 bits per heavy atom. The van der Waals surface area contributed by atoms with Crippen molar-refractivity contribution in [1.29, 1.82) is 5.26 Å². The molecule has 3 aromatic heterocycles. The SMILES string of the molecule is N#Cc1nn(-c2ccc(N3CCC(OCc4c(-c5c(Cl)cccc5Cl)noc4C4CC4)CC3)nc2)c(=O)[nH]c1=O. The number of anilines is 1. The van der Waals surface area contributed by atoms with Gasteiger partial charge in [0.1, 0.15) is 23.3 Å². The topological polar surface area (TPSA) is 143 Å². The fourth-order valence-corrected chi connectivity index (χ4v) is 5.42. The maximum Gasteiger partial charge on any atom is 0.349 e. The van der Waals surface area contributed by atoms with Crippen molar-refractivity contribution in [3.05, 3.63) is 84.4 Å². The molecule has 11 nitrogen and oxygen atoms in total. The molecule has 0 radical (unpaired) electrons. The Bertz CT molecular complexity index is 1690. The van der Waals surface area contributed by atoms with Crippen LogP contribution in [-0.2, 0) is 11.3 Å². The quantitative estimate of drug-likeness (QED) is 0.340. The van der Waals surface area contributed by atoms with Gasteiger partial charge in [-0.15, -0.1) is 5.10 Å². The number of nitriles is 1. The van der Waals surface area contributed by atoms with E-state index < -0.39 is 16.9 Å². The summed E-state index contributed by atoms with van der Waals surface area (Å²) in [7, 11) is 0. The molecule has 0 bridgehead atoms. The molecule has 1 saturated carbocycles. The van der Waals surface area contributed by atoms with Gasteiger partial charge in [-0.2, -0.15) is 9.94 Å². The summed E-state index contributed by atoms with van der Waals surface area (Å²) < 4.78 is 13.0. The average Bonchev–Trinajstić information content (AvgIpc) is 3.72. The maximum absolute atomic E-state index is 12.1. The molecule has 6 rings (SSSR count). The number of ether oxygens (including phenoxy) is 1. The number of aromatic nitrogens is 5. The monoisotopic (exact) mass is 579 g/mol. The minimum atomic E-state index is -0.824. The molecule has 40 heavy (non-hydrogen) atoms. The highest BCUT2D eigenvalue weighted by Gasteiger charge is 2.34. The van der Waals surface area contributed by atoms with Gasteiger partial charge in [-0.1, -0.05) is 34.4 Å². The number of nitrogens with zero attached hydrogens (tertiary/aromatic N) is 6. The van der Waals surface area contributed by atoms with Crippen molar-refractivity contribution in [2.75, 3.05) is 18.0 Å². The van der Waals surface area contributed by atoms with Gasteiger partial charge in [0.2, 0.25) is 5.69 Å². The smallest absolute Gasteiger partial charge is 0.349 e. The van der Waals surface area contributed by atoms with Crippen LogP contribution in [0.3, 0.4) is 0 Å². The van der Waals surface area contributed by atoms with E-state index in [4.69, 9.17) is 37.7 Å². The molecule has 0 atom stereocenters. The molecule has 1 aromatic carbocycles. The molecular weight excluding hydrogens is 557 g/mol. The molecule has 1 N–H and O–H groups in total. The lowest BCUT2D eigenvalue weighted by Crippen LogP contribution is -2.37. The van der Waals surface area contributed by atoms with Crippen molar-refractivity contribution in [3.63, 3.8) is 0 Å². The summed E-state index contributed by atoms with van der Waals surface area (Å²) in [5.41, 5.74) is 0.578. The molecule has 4 heterocycles. The predicted octanol–water partition coefficient (Wildman–Crippen LogP) is 4.21. The Hall–Kier alpha value is -3.98. The molecule has 0 unspecified atom stereocenters. The molecule has 1 aliphatic heterocycles. The number of aromatic amines is 1. The first-order valence-electron chi connectivity index (χ1n) is 12.8. The van der Waals surface area contributed by atoms with Gasteiger partial charge in [0.15, 0.2) is 0 Å². The lowest BCUT2D eigenvalue weighted by molar-refractivity contribution is 0.0245. The second-order valence-electron chi connectivity index (χ2n) is 9.75. The van der Waals surface area contributed by atoms with Crippen LogP contribution in [0.2, 0.25) is 10.0 Å². The summed E-state index contributed by atoms with van der Waals surface area (Å²) >= 11 is 12.9. The molecule has 1 saturated heterocycles. The highest BCUT2D eigenvalue weighted by atomic mass is 35.5. The normalized spacial score (nSPS) is 15.8. The number of benzene rings is 1. The van der Waals surface area contributed by atoms with Gasteiger partial charge in [-0.3, -0.25) is 9.78 Å². The summed E-state index contributed by atoms with van der Waals surface area (Å²) in [6.07, 6.45) is 5.24. The zero-order valence-corrected chi connectivity index (χ0v) is 22.7. The Labute approximate surface area is 237 Å². The van der Waals surface area contributed by atoms with Gasteiger partial charge in [0, 0.05) is 30.1 Å². The molecule has 4 aromatic rings. The van der Waals surface area contributed by atoms with Crippen LogP contribution >= 0.6 is 23.2 Å². The van der Waals surface area contributed by atoms with Crippen LogP contribution in [0.15, 0.2) is 50.6 Å². The van der Waals surface area contributed by atoms with Crippen LogP contribution in [0.5, 0.6) is 0 Å². The van der Waals surface area contributed by atoms with E-state index >= 15 is 0 Å². The minimum absolute atomic E-state index is 0.0420. The van der Waals surface area contributed by atoms with Crippen molar-refractivity contribution < 1.29 is 9.26 Å². The second kappa shape index (κ2) is 10.9. The molecule has 13 heteroatoms. The fourth-order valence-electron chi connectivity index (χ4n) is 4.84. The Balaban J connectivity index is 1.12. The van der Waals surface area contributed by atoms with E-state index in [2.05, 4.69) is 25.1 Å². The van der Waals surface area contributed by atoms with Gasteiger partial charge in [-0.25, -0.2) is 9.78 Å². The molecule has 0 spiro atoms. The first-order chi connectivity index (χ1) is 19.4. The molecule has 204 valence electrons. The zero-order chi connectivity index (χ0) is 27.8. The van der Waals surface area contributed by atoms with E-state index in [9.17, 15) is 9.59 Å². The second-order valence-corrected chi connectivity index (χ2v) is 10.6. The highest BCUT2D eigenvalue weighted by molar-refractivity contribution is 6.39. The molecular formula is C27H23Cl2N7O4. The van der Waals surface area contributed by atoms with E-state index in [1.807, 2.05) is 0 Å². The van der Waals surface area contributed by atoms with Gasteiger partial charge < -0.3 is 14.2 Å². The van der Waals surface area contributed by atoms with E-state index in [1.165, 1.54) is 6.20 Å². The van der Waals surface area contributed by atoms with E-state index in [1.54, 1.807) is 36.4 Å². The molecule has 2 fully saturated rings. The molecule has 0 amide bonds. The Morgan fingerprint density at radius 2 is 1.85 bits per heavy atom. The number of rotatable bonds is 7. The van der Waals surface area contributed by atoms with Gasteiger partial charge in [0.05, 0.1) is 34.6 Å². The third-order valence-corrected chi connectivity index (χ3v) is 7.74. The summed E-state index contributed by atoms with van der Waals surface area (Å²) in [5.74, 6) is 1.95. The van der Waals surface area contributed by atoms with Crippen LogP contribution in [0, 0.1) is 11.3 Å². The highest BCUT2D eigenvalue weighted by Crippen LogP contribution is 2.46. The van der Waals surface area contributed by atoms with Crippen molar-refractivity contribution in [3.8, 4) is 23.0 Å². The Morgan fingerprint density at radius 3 is 2.50 bits per heavy atom. The first-order valence-corrected chi connectivity index (χ1v) is 13.6. The van der Waals surface area contributed by atoms with Crippen LogP contribution in [0.25, 0.3) is 16.9 Å². The third-order valence-electron chi connectivity index (χ3n) is 7.11. The largest absolute Gasteiger partial charge is 0.373 e. The van der Waals surface area contributed by atoms with Gasteiger partial charge >= 0.3 is 5.69 Å². The summed E-state index contributed by atoms with van der Waals surface area (Å²) in [6, 6.07) is 10.5. The third kappa shape index (κ3) is 5.13. The van der Waals surface area contributed by atoms with Gasteiger partial charge in [-0.05, 0) is 49.9 Å². The number of piperidine rings is 1. The van der Waals surface area contributed by atoms with E-state index in [-0.39, 0.29) is 6.10 Å². The number of pyridine rings is 1. The number of H-pyrrole nitrogens is 1. The van der Waals surface area contributed by atoms with Crippen LogP contribution in [0.1, 0.15) is 48.6 Å². The number of halogens is 2. The van der Waals surface area contributed by atoms with E-state index in [0.29, 0.717) is 39.5 Å². The van der Waals surface area contributed by atoms with Crippen molar-refractivity contribution >= 4 is 29.0 Å². The summed E-state index contributed by atoms with van der Waals surface area (Å²) in [5, 5.41) is 18.2. The lowest BCUT2D eigenvalue weighted by atomic mass is 10.0. The average molecular weight is 580 g/mol. The van der Waals surface area contributed by atoms with Crippen molar-refractivity contribution in [2.24, 2.45) is 0 Å². The molecule has 2 aliphatic rings. The van der Waals surface area contributed by atoms with E-state index in [0.717, 1.165) is 60.6 Å². The van der Waals surface area contributed by atoms with Crippen LogP contribution < -0.4 is 16.1 Å². The standard InChI is InChI=1S/C27H23Cl2N7O4/c28-19-2-1-3-20(29)23(19)24-18(25(40-34-24)15-4-5-15)14-39-17-8-10-35(11-9-17)22-7-6-16(13-31-22)36-27(38)32-26(37)21(12-30)33-36/h1-3,6-7,13,15,17H,4-5,8-11,14H2,(H,32,37,38). The number of nitrogens with one attached hydrogen (secondary N) is 1. The van der Waals surface area contributed by atoms with Crippen LogP contribution in [-0.4, -0.2) is 44.1 Å². The van der Waals surface area contributed by atoms with Crippen LogP contribution in [0.4, 0.5) is 5.82 Å². The fraction of sp³-hybridized carbons (Fsp3) is 0.333. The van der Waals surface area contributed by atoms with Crippen molar-refractivity contribution in [2.45, 2.75) is 44.3 Å². The first kappa shape index (κ1) is 26.3. The zero-order valence-electron chi connectivity index (χ0n) is 21.1. The molecule has 1 aliphatic carbocycles. The predicted molar refractivity (Wildman–Crippen MR) is 147 cm³/mol. The number of hydrogen-bond donors (Lipinski definition) is 1. The Kier molecular flexibility index (Phi) is 7.14.